The predicted octanol–water partition coefficient (Wildman–Crippen LogP) is 2.35. The molecule has 1 aromatic carbocycles. The van der Waals surface area contributed by atoms with Gasteiger partial charge in [0, 0.05) is 12.6 Å². The van der Waals surface area contributed by atoms with E-state index in [9.17, 15) is 5.26 Å². The Morgan fingerprint density at radius 1 is 1.47 bits per heavy atom. The molecule has 1 aromatic rings. The van der Waals surface area contributed by atoms with Crippen LogP contribution in [0.4, 0.5) is 5.69 Å². The van der Waals surface area contributed by atoms with Gasteiger partial charge in [0.05, 0.1) is 18.4 Å². The summed E-state index contributed by atoms with van der Waals surface area (Å²) in [4.78, 5) is 0. The molecule has 2 aliphatic rings. The second-order valence-corrected chi connectivity index (χ2v) is 5.38. The molecule has 0 spiro atoms. The molecule has 2 unspecified atom stereocenters. The number of hydrazine groups is 1. The number of nitrogens with one attached hydrogen (secondary N) is 1. The molecule has 2 heterocycles. The second kappa shape index (κ2) is 4.20. The highest BCUT2D eigenvalue weighted by atomic mass is 16.7. The zero-order valence-electron chi connectivity index (χ0n) is 11.3. The number of hydrogen-bond acceptors (Lipinski definition) is 5. The van der Waals surface area contributed by atoms with E-state index in [0.29, 0.717) is 6.61 Å². The van der Waals surface area contributed by atoms with E-state index in [1.54, 1.807) is 0 Å². The average molecular weight is 259 g/mol. The smallest absolute Gasteiger partial charge is 0.163 e. The van der Waals surface area contributed by atoms with Crippen molar-refractivity contribution in [2.24, 2.45) is 0 Å². The Bertz CT molecular complexity index is 550. The average Bonchev–Trinajstić information content (AvgIpc) is 2.87. The first kappa shape index (κ1) is 12.4. The fraction of sp³-hybridized carbons (Fsp3) is 0.500. The topological polar surface area (TPSA) is 57.5 Å². The number of fused-ring (bicyclic) bond motifs is 1. The number of hydrogen-bond donors (Lipinski definition) is 1. The van der Waals surface area contributed by atoms with Crippen LogP contribution in [-0.2, 0) is 9.47 Å². The molecule has 5 heteroatoms. The SMILES string of the molecule is CN1Nc2cccc(C3COC(C)(C)O3)c2C1C#N. The van der Waals surface area contributed by atoms with Crippen molar-refractivity contribution in [3.8, 4) is 6.07 Å². The molecule has 0 radical (unpaired) electrons. The van der Waals surface area contributed by atoms with Gasteiger partial charge in [-0.15, -0.1) is 0 Å². The Kier molecular flexibility index (Phi) is 2.75. The summed E-state index contributed by atoms with van der Waals surface area (Å²) in [6.07, 6.45) is -0.117. The molecule has 0 bridgehead atoms. The molecule has 5 nitrogen and oxygen atoms in total. The minimum Gasteiger partial charge on any atom is -0.347 e. The van der Waals surface area contributed by atoms with Crippen molar-refractivity contribution in [1.82, 2.24) is 5.01 Å². The molecule has 19 heavy (non-hydrogen) atoms. The van der Waals surface area contributed by atoms with Gasteiger partial charge in [-0.1, -0.05) is 12.1 Å². The van der Waals surface area contributed by atoms with Crippen LogP contribution in [0.2, 0.25) is 0 Å². The normalized spacial score (nSPS) is 28.7. The summed E-state index contributed by atoms with van der Waals surface area (Å²) in [5.74, 6) is -0.562. The van der Waals surface area contributed by atoms with E-state index in [4.69, 9.17) is 9.47 Å². The minimum atomic E-state index is -0.562. The second-order valence-electron chi connectivity index (χ2n) is 5.38. The number of benzene rings is 1. The van der Waals surface area contributed by atoms with Gasteiger partial charge in [0.15, 0.2) is 5.79 Å². The maximum absolute atomic E-state index is 9.35. The number of nitriles is 1. The maximum atomic E-state index is 9.35. The Morgan fingerprint density at radius 2 is 2.26 bits per heavy atom. The highest BCUT2D eigenvalue weighted by molar-refractivity contribution is 5.61. The van der Waals surface area contributed by atoms with Crippen LogP contribution in [0.5, 0.6) is 0 Å². The molecule has 0 saturated carbocycles. The highest BCUT2D eigenvalue weighted by Gasteiger charge is 2.38. The van der Waals surface area contributed by atoms with E-state index < -0.39 is 5.79 Å². The van der Waals surface area contributed by atoms with Crippen molar-refractivity contribution in [3.63, 3.8) is 0 Å². The third kappa shape index (κ3) is 1.98. The van der Waals surface area contributed by atoms with E-state index in [0.717, 1.165) is 16.8 Å². The highest BCUT2D eigenvalue weighted by Crippen LogP contribution is 2.42. The van der Waals surface area contributed by atoms with Crippen LogP contribution in [-0.4, -0.2) is 24.5 Å². The first-order valence-corrected chi connectivity index (χ1v) is 6.35. The number of nitrogens with zero attached hydrogens (tertiary/aromatic N) is 2. The van der Waals surface area contributed by atoms with Crippen molar-refractivity contribution < 1.29 is 9.47 Å². The molecule has 1 saturated heterocycles. The first-order chi connectivity index (χ1) is 9.02. The fourth-order valence-corrected chi connectivity index (χ4v) is 2.71. The molecular formula is C14H17N3O2. The predicted molar refractivity (Wildman–Crippen MR) is 70.0 cm³/mol. The van der Waals surface area contributed by atoms with Gasteiger partial charge in [-0.2, -0.15) is 5.26 Å². The van der Waals surface area contributed by atoms with Crippen LogP contribution in [0.1, 0.15) is 37.1 Å². The Morgan fingerprint density at radius 3 is 2.89 bits per heavy atom. The fourth-order valence-electron chi connectivity index (χ4n) is 2.71. The summed E-state index contributed by atoms with van der Waals surface area (Å²) in [6.45, 7) is 4.33. The van der Waals surface area contributed by atoms with Gasteiger partial charge in [-0.3, -0.25) is 0 Å². The van der Waals surface area contributed by atoms with Crippen LogP contribution in [0.25, 0.3) is 0 Å². The van der Waals surface area contributed by atoms with Gasteiger partial charge >= 0.3 is 0 Å². The van der Waals surface area contributed by atoms with E-state index in [1.165, 1.54) is 0 Å². The third-order valence-electron chi connectivity index (χ3n) is 3.57. The van der Waals surface area contributed by atoms with Crippen molar-refractivity contribution in [2.75, 3.05) is 19.1 Å². The van der Waals surface area contributed by atoms with E-state index in [1.807, 2.05) is 44.1 Å². The molecule has 3 rings (SSSR count). The molecule has 0 aromatic heterocycles. The minimum absolute atomic E-state index is 0.117. The quantitative estimate of drug-likeness (QED) is 0.839. The summed E-state index contributed by atoms with van der Waals surface area (Å²) in [7, 11) is 1.87. The van der Waals surface area contributed by atoms with Crippen molar-refractivity contribution in [3.05, 3.63) is 29.3 Å². The molecular weight excluding hydrogens is 242 g/mol. The molecule has 1 N–H and O–H groups in total. The van der Waals surface area contributed by atoms with Gasteiger partial charge in [0.1, 0.15) is 12.1 Å². The maximum Gasteiger partial charge on any atom is 0.163 e. The Labute approximate surface area is 112 Å². The summed E-state index contributed by atoms with van der Waals surface area (Å²) in [5, 5.41) is 11.2. The van der Waals surface area contributed by atoms with Gasteiger partial charge in [0.2, 0.25) is 0 Å². The molecule has 0 amide bonds. The Balaban J connectivity index is 2.02. The lowest BCUT2D eigenvalue weighted by molar-refractivity contribution is -0.139. The lowest BCUT2D eigenvalue weighted by Gasteiger charge is -2.19. The summed E-state index contributed by atoms with van der Waals surface area (Å²) in [5.41, 5.74) is 6.20. The summed E-state index contributed by atoms with van der Waals surface area (Å²) >= 11 is 0. The monoisotopic (exact) mass is 259 g/mol. The molecule has 2 aliphatic heterocycles. The van der Waals surface area contributed by atoms with E-state index >= 15 is 0 Å². The van der Waals surface area contributed by atoms with Crippen LogP contribution >= 0.6 is 0 Å². The molecule has 0 aliphatic carbocycles. The van der Waals surface area contributed by atoms with Crippen LogP contribution in [0.3, 0.4) is 0 Å². The molecule has 2 atom stereocenters. The zero-order valence-corrected chi connectivity index (χ0v) is 11.3. The van der Waals surface area contributed by atoms with E-state index in [-0.39, 0.29) is 12.1 Å². The zero-order chi connectivity index (χ0) is 13.6. The summed E-state index contributed by atoms with van der Waals surface area (Å²) < 4.78 is 11.5. The Hall–Kier alpha value is -1.61. The molecule has 100 valence electrons. The first-order valence-electron chi connectivity index (χ1n) is 6.35. The largest absolute Gasteiger partial charge is 0.347 e. The number of ether oxygens (including phenoxy) is 2. The lowest BCUT2D eigenvalue weighted by atomic mass is 9.97. The standard InChI is InChI=1S/C14H17N3O2/c1-14(2)18-8-12(19-14)9-5-4-6-10-13(9)11(7-15)17(3)16-10/h4-6,11-12,16H,8H2,1-3H3. The van der Waals surface area contributed by atoms with Crippen LogP contribution < -0.4 is 5.43 Å². The lowest BCUT2D eigenvalue weighted by Crippen LogP contribution is -2.22. The molecule has 1 fully saturated rings. The van der Waals surface area contributed by atoms with Crippen LogP contribution in [0.15, 0.2) is 18.2 Å². The van der Waals surface area contributed by atoms with Gasteiger partial charge in [-0.05, 0) is 25.5 Å². The van der Waals surface area contributed by atoms with Gasteiger partial charge in [0.25, 0.3) is 0 Å². The third-order valence-corrected chi connectivity index (χ3v) is 3.57. The van der Waals surface area contributed by atoms with Crippen molar-refractivity contribution >= 4 is 5.69 Å². The number of anilines is 1. The van der Waals surface area contributed by atoms with Crippen LogP contribution in [0, 0.1) is 11.3 Å². The van der Waals surface area contributed by atoms with Gasteiger partial charge < -0.3 is 14.9 Å². The van der Waals surface area contributed by atoms with E-state index in [2.05, 4.69) is 11.5 Å². The van der Waals surface area contributed by atoms with Gasteiger partial charge in [-0.25, -0.2) is 5.01 Å². The summed E-state index contributed by atoms with van der Waals surface area (Å²) in [6, 6.07) is 8.00. The number of rotatable bonds is 1. The van der Waals surface area contributed by atoms with Crippen molar-refractivity contribution in [2.45, 2.75) is 31.8 Å². The van der Waals surface area contributed by atoms with Crippen molar-refractivity contribution in [1.29, 1.82) is 5.26 Å².